The zero-order valence-electron chi connectivity index (χ0n) is 12.2. The van der Waals surface area contributed by atoms with Crippen molar-refractivity contribution in [1.29, 1.82) is 0 Å². The first kappa shape index (κ1) is 18.0. The number of halogens is 1. The number of hydrogen-bond acceptors (Lipinski definition) is 2. The summed E-state index contributed by atoms with van der Waals surface area (Å²) in [5.41, 5.74) is 0.381. The van der Waals surface area contributed by atoms with Crippen molar-refractivity contribution in [2.45, 2.75) is 45.9 Å². The zero-order valence-corrected chi connectivity index (χ0v) is 13.0. The fourth-order valence-corrected chi connectivity index (χ4v) is 1.60. The molecule has 1 aromatic carbocycles. The highest BCUT2D eigenvalue weighted by atomic mass is 35.5. The SMILES string of the molecule is CC(C)N(CC#CC(C)(C)O)Cc1ccccc1.Cl. The molecule has 106 valence electrons. The monoisotopic (exact) mass is 281 g/mol. The maximum Gasteiger partial charge on any atom is 0.120 e. The minimum absolute atomic E-state index is 0. The Morgan fingerprint density at radius 1 is 1.21 bits per heavy atom. The molecular weight excluding hydrogens is 258 g/mol. The summed E-state index contributed by atoms with van der Waals surface area (Å²) in [5.74, 6) is 5.91. The third kappa shape index (κ3) is 7.89. The molecule has 3 heteroatoms. The van der Waals surface area contributed by atoms with E-state index in [-0.39, 0.29) is 12.4 Å². The maximum atomic E-state index is 9.57. The van der Waals surface area contributed by atoms with Crippen molar-refractivity contribution < 1.29 is 5.11 Å². The van der Waals surface area contributed by atoms with Crippen LogP contribution in [0.1, 0.15) is 33.3 Å². The van der Waals surface area contributed by atoms with Gasteiger partial charge in [-0.1, -0.05) is 42.2 Å². The number of aliphatic hydroxyl groups is 1. The second-order valence-electron chi connectivity index (χ2n) is 5.35. The van der Waals surface area contributed by atoms with Crippen LogP contribution in [0.2, 0.25) is 0 Å². The van der Waals surface area contributed by atoms with Gasteiger partial charge in [0.2, 0.25) is 0 Å². The fraction of sp³-hybridized carbons (Fsp3) is 0.500. The summed E-state index contributed by atoms with van der Waals surface area (Å²) < 4.78 is 0. The Hall–Kier alpha value is -1.01. The molecule has 0 atom stereocenters. The lowest BCUT2D eigenvalue weighted by molar-refractivity contribution is 0.143. The van der Waals surface area contributed by atoms with E-state index in [1.807, 2.05) is 6.07 Å². The van der Waals surface area contributed by atoms with Crippen LogP contribution in [0.25, 0.3) is 0 Å². The summed E-state index contributed by atoms with van der Waals surface area (Å²) in [6, 6.07) is 10.8. The first-order chi connectivity index (χ1) is 8.38. The van der Waals surface area contributed by atoms with Crippen molar-refractivity contribution in [3.05, 3.63) is 35.9 Å². The van der Waals surface area contributed by atoms with E-state index < -0.39 is 5.60 Å². The van der Waals surface area contributed by atoms with Crippen LogP contribution in [0, 0.1) is 11.8 Å². The van der Waals surface area contributed by atoms with Crippen molar-refractivity contribution in [3.63, 3.8) is 0 Å². The van der Waals surface area contributed by atoms with Gasteiger partial charge in [-0.2, -0.15) is 0 Å². The third-order valence-electron chi connectivity index (χ3n) is 2.64. The predicted molar refractivity (Wildman–Crippen MR) is 83.3 cm³/mol. The average Bonchev–Trinajstić information content (AvgIpc) is 2.27. The Morgan fingerprint density at radius 2 is 1.79 bits per heavy atom. The molecule has 0 radical (unpaired) electrons. The second-order valence-corrected chi connectivity index (χ2v) is 5.35. The molecule has 0 saturated heterocycles. The molecule has 0 unspecified atom stereocenters. The van der Waals surface area contributed by atoms with Gasteiger partial charge in [-0.25, -0.2) is 0 Å². The summed E-state index contributed by atoms with van der Waals surface area (Å²) in [6.45, 7) is 9.30. The van der Waals surface area contributed by atoms with Crippen LogP contribution in [0.3, 0.4) is 0 Å². The standard InChI is InChI=1S/C16H23NO.ClH/c1-14(2)17(12-8-11-16(3,4)18)13-15-9-6-5-7-10-15;/h5-7,9-10,14,18H,12-13H2,1-4H3;1H. The molecule has 0 aliphatic heterocycles. The van der Waals surface area contributed by atoms with Crippen molar-refractivity contribution in [3.8, 4) is 11.8 Å². The third-order valence-corrected chi connectivity index (χ3v) is 2.64. The molecule has 0 fully saturated rings. The fourth-order valence-electron chi connectivity index (χ4n) is 1.60. The Balaban J connectivity index is 0.00000324. The molecule has 0 amide bonds. The number of nitrogens with zero attached hydrogens (tertiary/aromatic N) is 1. The summed E-state index contributed by atoms with van der Waals surface area (Å²) >= 11 is 0. The lowest BCUT2D eigenvalue weighted by Crippen LogP contribution is -2.31. The highest BCUT2D eigenvalue weighted by molar-refractivity contribution is 5.85. The lowest BCUT2D eigenvalue weighted by atomic mass is 10.1. The molecule has 0 heterocycles. The molecule has 1 rings (SSSR count). The van der Waals surface area contributed by atoms with E-state index in [0.29, 0.717) is 12.6 Å². The Labute approximate surface area is 123 Å². The average molecular weight is 282 g/mol. The van der Waals surface area contributed by atoms with Gasteiger partial charge in [0.05, 0.1) is 6.54 Å². The van der Waals surface area contributed by atoms with Crippen LogP contribution in [0.4, 0.5) is 0 Å². The molecule has 1 N–H and O–H groups in total. The summed E-state index contributed by atoms with van der Waals surface area (Å²) in [4.78, 5) is 2.29. The summed E-state index contributed by atoms with van der Waals surface area (Å²) in [6.07, 6.45) is 0. The van der Waals surface area contributed by atoms with Gasteiger partial charge in [0.25, 0.3) is 0 Å². The molecule has 0 bridgehead atoms. The first-order valence-electron chi connectivity index (χ1n) is 6.39. The van der Waals surface area contributed by atoms with E-state index in [4.69, 9.17) is 0 Å². The minimum atomic E-state index is -0.907. The molecule has 0 aliphatic carbocycles. The van der Waals surface area contributed by atoms with E-state index in [2.05, 4.69) is 54.9 Å². The molecule has 1 aromatic rings. The van der Waals surface area contributed by atoms with Gasteiger partial charge in [-0.3, -0.25) is 4.90 Å². The lowest BCUT2D eigenvalue weighted by Gasteiger charge is -2.24. The van der Waals surface area contributed by atoms with Gasteiger partial charge in [-0.15, -0.1) is 12.4 Å². The largest absolute Gasteiger partial charge is 0.378 e. The molecule has 2 nitrogen and oxygen atoms in total. The smallest absolute Gasteiger partial charge is 0.120 e. The molecule has 0 aliphatic rings. The normalized spacial score (nSPS) is 10.9. The van der Waals surface area contributed by atoms with E-state index in [0.717, 1.165) is 6.54 Å². The minimum Gasteiger partial charge on any atom is -0.378 e. The molecular formula is C16H24ClNO. The van der Waals surface area contributed by atoms with Crippen molar-refractivity contribution in [1.82, 2.24) is 4.90 Å². The highest BCUT2D eigenvalue weighted by Crippen LogP contribution is 2.07. The maximum absolute atomic E-state index is 9.57. The Bertz CT molecular complexity index is 412. The second kappa shape index (κ2) is 8.22. The van der Waals surface area contributed by atoms with Gasteiger partial charge in [-0.05, 0) is 33.3 Å². The number of hydrogen-bond donors (Lipinski definition) is 1. The van der Waals surface area contributed by atoms with Gasteiger partial charge < -0.3 is 5.11 Å². The van der Waals surface area contributed by atoms with Crippen LogP contribution in [-0.4, -0.2) is 28.2 Å². The highest BCUT2D eigenvalue weighted by Gasteiger charge is 2.10. The van der Waals surface area contributed by atoms with Crippen LogP contribution < -0.4 is 0 Å². The number of benzene rings is 1. The van der Waals surface area contributed by atoms with Crippen molar-refractivity contribution in [2.24, 2.45) is 0 Å². The molecule has 0 spiro atoms. The molecule has 19 heavy (non-hydrogen) atoms. The topological polar surface area (TPSA) is 23.5 Å². The first-order valence-corrected chi connectivity index (χ1v) is 6.39. The number of rotatable bonds is 4. The van der Waals surface area contributed by atoms with E-state index >= 15 is 0 Å². The van der Waals surface area contributed by atoms with Gasteiger partial charge in [0.1, 0.15) is 5.60 Å². The van der Waals surface area contributed by atoms with E-state index in [9.17, 15) is 5.11 Å². The summed E-state index contributed by atoms with van der Waals surface area (Å²) in [7, 11) is 0. The van der Waals surface area contributed by atoms with Crippen molar-refractivity contribution >= 4 is 12.4 Å². The zero-order chi connectivity index (χ0) is 13.6. The van der Waals surface area contributed by atoms with Crippen LogP contribution >= 0.6 is 12.4 Å². The van der Waals surface area contributed by atoms with Crippen LogP contribution in [0.5, 0.6) is 0 Å². The Morgan fingerprint density at radius 3 is 2.26 bits per heavy atom. The predicted octanol–water partition coefficient (Wildman–Crippen LogP) is 3.09. The molecule has 0 aromatic heterocycles. The molecule has 0 saturated carbocycles. The van der Waals surface area contributed by atoms with Crippen LogP contribution in [-0.2, 0) is 6.54 Å². The van der Waals surface area contributed by atoms with E-state index in [1.54, 1.807) is 13.8 Å². The van der Waals surface area contributed by atoms with Gasteiger partial charge >= 0.3 is 0 Å². The Kier molecular flexibility index (Phi) is 7.78. The van der Waals surface area contributed by atoms with Crippen molar-refractivity contribution in [2.75, 3.05) is 6.54 Å². The van der Waals surface area contributed by atoms with Gasteiger partial charge in [0.15, 0.2) is 0 Å². The van der Waals surface area contributed by atoms with Crippen LogP contribution in [0.15, 0.2) is 30.3 Å². The van der Waals surface area contributed by atoms with Gasteiger partial charge in [0, 0.05) is 12.6 Å². The quantitative estimate of drug-likeness (QED) is 0.858. The van der Waals surface area contributed by atoms with E-state index in [1.165, 1.54) is 5.56 Å². The summed E-state index contributed by atoms with van der Waals surface area (Å²) in [5, 5.41) is 9.57.